The Balaban J connectivity index is 2.29. The first-order chi connectivity index (χ1) is 8.39. The van der Waals surface area contributed by atoms with Crippen LogP contribution in [0.4, 0.5) is 13.2 Å². The van der Waals surface area contributed by atoms with Gasteiger partial charge < -0.3 is 5.32 Å². The number of hydrogen-bond acceptors (Lipinski definition) is 1. The van der Waals surface area contributed by atoms with E-state index in [9.17, 15) is 13.2 Å². The number of hydrogen-bond donors (Lipinski definition) is 1. The predicted octanol–water partition coefficient (Wildman–Crippen LogP) is 4.07. The molecular weight excluding hydrogens is 263 g/mol. The molecule has 0 spiro atoms. The predicted molar refractivity (Wildman–Crippen MR) is 65.8 cm³/mol. The normalized spacial score (nSPS) is 25.2. The molecule has 0 bridgehead atoms. The van der Waals surface area contributed by atoms with Crippen molar-refractivity contribution >= 4 is 11.6 Å². The lowest BCUT2D eigenvalue weighted by atomic mass is 9.82. The van der Waals surface area contributed by atoms with Crippen molar-refractivity contribution in [2.45, 2.75) is 25.4 Å². The number of rotatable bonds is 1. The third-order valence-corrected chi connectivity index (χ3v) is 3.84. The highest BCUT2D eigenvalue weighted by Crippen LogP contribution is 2.38. The average molecular weight is 278 g/mol. The minimum atomic E-state index is -4.33. The summed E-state index contributed by atoms with van der Waals surface area (Å²) in [4.78, 5) is 0. The quantitative estimate of drug-likeness (QED) is 0.816. The van der Waals surface area contributed by atoms with Crippen LogP contribution < -0.4 is 5.32 Å². The zero-order valence-electron chi connectivity index (χ0n) is 10.0. The van der Waals surface area contributed by atoms with Crippen molar-refractivity contribution in [3.63, 3.8) is 0 Å². The van der Waals surface area contributed by atoms with Crippen LogP contribution in [-0.2, 0) is 6.18 Å². The van der Waals surface area contributed by atoms with E-state index in [4.69, 9.17) is 11.6 Å². The van der Waals surface area contributed by atoms with Crippen LogP contribution in [0.2, 0.25) is 5.02 Å². The molecule has 0 amide bonds. The molecule has 0 unspecified atom stereocenters. The molecule has 0 aromatic heterocycles. The summed E-state index contributed by atoms with van der Waals surface area (Å²) in [6, 6.07) is 3.68. The molecule has 1 aliphatic rings. The van der Waals surface area contributed by atoms with E-state index >= 15 is 0 Å². The van der Waals surface area contributed by atoms with E-state index in [1.807, 2.05) is 0 Å². The van der Waals surface area contributed by atoms with Crippen molar-refractivity contribution < 1.29 is 13.2 Å². The summed E-state index contributed by atoms with van der Waals surface area (Å²) in [7, 11) is 0. The Hall–Kier alpha value is -0.740. The molecule has 1 aromatic carbocycles. The van der Waals surface area contributed by atoms with Crippen molar-refractivity contribution in [3.8, 4) is 0 Å². The van der Waals surface area contributed by atoms with Gasteiger partial charge in [-0.2, -0.15) is 13.2 Å². The number of nitrogens with one attached hydrogen (secondary N) is 1. The lowest BCUT2D eigenvalue weighted by Gasteiger charge is -2.30. The molecule has 1 saturated heterocycles. The summed E-state index contributed by atoms with van der Waals surface area (Å²) in [6.07, 6.45) is -3.42. The molecule has 0 radical (unpaired) electrons. The van der Waals surface area contributed by atoms with Gasteiger partial charge in [-0.15, -0.1) is 0 Å². The van der Waals surface area contributed by atoms with Crippen LogP contribution in [0.25, 0.3) is 0 Å². The van der Waals surface area contributed by atoms with E-state index in [0.717, 1.165) is 37.2 Å². The Morgan fingerprint density at radius 2 is 2.06 bits per heavy atom. The van der Waals surface area contributed by atoms with Crippen LogP contribution in [0.1, 0.15) is 30.4 Å². The van der Waals surface area contributed by atoms with Gasteiger partial charge in [0.25, 0.3) is 0 Å². The summed E-state index contributed by atoms with van der Waals surface area (Å²) in [5, 5.41) is 3.49. The Bertz CT molecular complexity index is 431. The largest absolute Gasteiger partial charge is 0.416 e. The summed E-state index contributed by atoms with van der Waals surface area (Å²) in [6.45, 7) is 3.85. The molecule has 2 atom stereocenters. The van der Waals surface area contributed by atoms with E-state index < -0.39 is 11.7 Å². The van der Waals surface area contributed by atoms with Gasteiger partial charge in [0.2, 0.25) is 0 Å². The average Bonchev–Trinajstić information content (AvgIpc) is 2.29. The van der Waals surface area contributed by atoms with E-state index in [1.54, 1.807) is 0 Å². The zero-order valence-corrected chi connectivity index (χ0v) is 10.8. The van der Waals surface area contributed by atoms with Gasteiger partial charge in [-0.3, -0.25) is 0 Å². The second-order valence-electron chi connectivity index (χ2n) is 4.81. The standard InChI is InChI=1S/C13H15ClF3N/c1-8-7-18-5-4-10(8)11-3-2-9(6-12(11)14)13(15,16)17/h2-3,6,8,10,18H,4-5,7H2,1H3/t8-,10+/m0/s1. The molecule has 1 fully saturated rings. The smallest absolute Gasteiger partial charge is 0.316 e. The molecule has 1 aliphatic heterocycles. The van der Waals surface area contributed by atoms with Gasteiger partial charge in [0, 0.05) is 5.02 Å². The molecule has 2 rings (SSSR count). The maximum Gasteiger partial charge on any atom is 0.416 e. The van der Waals surface area contributed by atoms with Crippen LogP contribution >= 0.6 is 11.6 Å². The molecule has 1 heterocycles. The third-order valence-electron chi connectivity index (χ3n) is 3.51. The van der Waals surface area contributed by atoms with Crippen LogP contribution in [0.15, 0.2) is 18.2 Å². The Morgan fingerprint density at radius 1 is 1.33 bits per heavy atom. The number of piperidine rings is 1. The molecule has 100 valence electrons. The highest BCUT2D eigenvalue weighted by atomic mass is 35.5. The highest BCUT2D eigenvalue weighted by molar-refractivity contribution is 6.31. The van der Waals surface area contributed by atoms with Gasteiger partial charge in [-0.25, -0.2) is 0 Å². The van der Waals surface area contributed by atoms with Gasteiger partial charge in [0.05, 0.1) is 5.56 Å². The Labute approximate surface area is 109 Å². The molecule has 0 aliphatic carbocycles. The molecule has 5 heteroatoms. The van der Waals surface area contributed by atoms with Gasteiger partial charge in [0.15, 0.2) is 0 Å². The molecule has 1 N–H and O–H groups in total. The molecule has 0 saturated carbocycles. The summed E-state index contributed by atoms with van der Waals surface area (Å²) < 4.78 is 37.6. The minimum Gasteiger partial charge on any atom is -0.316 e. The van der Waals surface area contributed by atoms with E-state index in [-0.39, 0.29) is 10.9 Å². The highest BCUT2D eigenvalue weighted by Gasteiger charge is 2.32. The molecular formula is C13H15ClF3N. The van der Waals surface area contributed by atoms with E-state index in [0.29, 0.717) is 5.92 Å². The van der Waals surface area contributed by atoms with E-state index in [2.05, 4.69) is 12.2 Å². The van der Waals surface area contributed by atoms with Crippen molar-refractivity contribution in [1.82, 2.24) is 5.32 Å². The number of halogens is 4. The first kappa shape index (κ1) is 13.7. The van der Waals surface area contributed by atoms with Crippen LogP contribution in [0.5, 0.6) is 0 Å². The zero-order chi connectivity index (χ0) is 13.3. The van der Waals surface area contributed by atoms with Crippen LogP contribution in [-0.4, -0.2) is 13.1 Å². The van der Waals surface area contributed by atoms with Gasteiger partial charge in [-0.1, -0.05) is 24.6 Å². The van der Waals surface area contributed by atoms with Crippen molar-refractivity contribution in [3.05, 3.63) is 34.3 Å². The lowest BCUT2D eigenvalue weighted by Crippen LogP contribution is -2.33. The monoisotopic (exact) mass is 277 g/mol. The summed E-state index contributed by atoms with van der Waals surface area (Å²) in [5.41, 5.74) is 0.150. The number of benzene rings is 1. The number of alkyl halides is 3. The SMILES string of the molecule is C[C@H]1CNCC[C@H]1c1ccc(C(F)(F)F)cc1Cl. The van der Waals surface area contributed by atoms with Crippen LogP contribution in [0, 0.1) is 5.92 Å². The Morgan fingerprint density at radius 3 is 2.61 bits per heavy atom. The first-order valence-electron chi connectivity index (χ1n) is 5.97. The Kier molecular flexibility index (Phi) is 3.87. The van der Waals surface area contributed by atoms with Crippen molar-refractivity contribution in [2.75, 3.05) is 13.1 Å². The molecule has 1 aromatic rings. The maximum absolute atomic E-state index is 12.5. The minimum absolute atomic E-state index is 0.226. The molecule has 1 nitrogen and oxygen atoms in total. The first-order valence-corrected chi connectivity index (χ1v) is 6.34. The van der Waals surface area contributed by atoms with Gasteiger partial charge >= 0.3 is 6.18 Å². The van der Waals surface area contributed by atoms with Crippen molar-refractivity contribution in [1.29, 1.82) is 0 Å². The topological polar surface area (TPSA) is 12.0 Å². The second-order valence-corrected chi connectivity index (χ2v) is 5.22. The molecule has 18 heavy (non-hydrogen) atoms. The fourth-order valence-corrected chi connectivity index (χ4v) is 2.80. The van der Waals surface area contributed by atoms with E-state index in [1.165, 1.54) is 6.07 Å². The fourth-order valence-electron chi connectivity index (χ4n) is 2.48. The van der Waals surface area contributed by atoms with Gasteiger partial charge in [0.1, 0.15) is 0 Å². The van der Waals surface area contributed by atoms with Gasteiger partial charge in [-0.05, 0) is 49.0 Å². The lowest BCUT2D eigenvalue weighted by molar-refractivity contribution is -0.137. The summed E-state index contributed by atoms with van der Waals surface area (Å²) in [5.74, 6) is 0.619. The van der Waals surface area contributed by atoms with Crippen molar-refractivity contribution in [2.24, 2.45) is 5.92 Å². The fraction of sp³-hybridized carbons (Fsp3) is 0.538. The third kappa shape index (κ3) is 2.81. The maximum atomic E-state index is 12.5. The second kappa shape index (κ2) is 5.10. The summed E-state index contributed by atoms with van der Waals surface area (Å²) >= 11 is 6.01. The van der Waals surface area contributed by atoms with Crippen LogP contribution in [0.3, 0.4) is 0 Å².